The third-order valence-electron chi connectivity index (χ3n) is 3.69. The Balaban J connectivity index is 1.92. The standard InChI is InChI=1S/C13H19N5/c1-10-6-12-15-9-16-18(12)13(7-10)17-5-3-11(8-17)2-4-14/h6-7,9,11H,2-5,8,14H2,1H3. The third-order valence-corrected chi connectivity index (χ3v) is 3.69. The first-order valence-corrected chi connectivity index (χ1v) is 6.53. The fourth-order valence-corrected chi connectivity index (χ4v) is 2.77. The predicted octanol–water partition coefficient (Wildman–Crippen LogP) is 1.21. The zero-order chi connectivity index (χ0) is 12.5. The van der Waals surface area contributed by atoms with Gasteiger partial charge in [-0.2, -0.15) is 9.61 Å². The molecule has 0 bridgehead atoms. The maximum Gasteiger partial charge on any atom is 0.157 e. The van der Waals surface area contributed by atoms with Crippen molar-refractivity contribution in [1.29, 1.82) is 0 Å². The first kappa shape index (κ1) is 11.5. The second kappa shape index (κ2) is 4.57. The Morgan fingerprint density at radius 3 is 3.17 bits per heavy atom. The summed E-state index contributed by atoms with van der Waals surface area (Å²) in [5, 5.41) is 4.31. The van der Waals surface area contributed by atoms with Crippen LogP contribution in [-0.4, -0.2) is 34.2 Å². The number of aryl methyl sites for hydroxylation is 1. The van der Waals surface area contributed by atoms with Crippen molar-refractivity contribution in [2.24, 2.45) is 11.7 Å². The second-order valence-corrected chi connectivity index (χ2v) is 5.10. The summed E-state index contributed by atoms with van der Waals surface area (Å²) in [4.78, 5) is 6.67. The summed E-state index contributed by atoms with van der Waals surface area (Å²) < 4.78 is 1.93. The predicted molar refractivity (Wildman–Crippen MR) is 71.7 cm³/mol. The highest BCUT2D eigenvalue weighted by molar-refractivity contribution is 5.53. The fraction of sp³-hybridized carbons (Fsp3) is 0.538. The van der Waals surface area contributed by atoms with Gasteiger partial charge in [0.1, 0.15) is 12.1 Å². The SMILES string of the molecule is Cc1cc(N2CCC(CCN)C2)n2ncnc2c1. The molecule has 1 saturated heterocycles. The van der Waals surface area contributed by atoms with Crippen LogP contribution in [0.25, 0.3) is 5.65 Å². The minimum atomic E-state index is 0.717. The number of nitrogens with zero attached hydrogens (tertiary/aromatic N) is 4. The molecule has 2 aromatic heterocycles. The number of hydrogen-bond acceptors (Lipinski definition) is 4. The topological polar surface area (TPSA) is 59.5 Å². The van der Waals surface area contributed by atoms with Crippen molar-refractivity contribution in [3.05, 3.63) is 24.0 Å². The molecule has 0 spiro atoms. The van der Waals surface area contributed by atoms with Crippen LogP contribution in [0.4, 0.5) is 5.82 Å². The van der Waals surface area contributed by atoms with Crippen LogP contribution in [0.15, 0.2) is 18.5 Å². The normalized spacial score (nSPS) is 19.9. The molecule has 1 unspecified atom stereocenters. The molecule has 3 heterocycles. The number of fused-ring (bicyclic) bond motifs is 1. The van der Waals surface area contributed by atoms with Crippen LogP contribution >= 0.6 is 0 Å². The van der Waals surface area contributed by atoms with Crippen molar-refractivity contribution in [2.45, 2.75) is 19.8 Å². The van der Waals surface area contributed by atoms with Gasteiger partial charge in [0.2, 0.25) is 0 Å². The van der Waals surface area contributed by atoms with Crippen LogP contribution < -0.4 is 10.6 Å². The van der Waals surface area contributed by atoms with E-state index in [1.54, 1.807) is 6.33 Å². The van der Waals surface area contributed by atoms with Crippen molar-refractivity contribution in [3.63, 3.8) is 0 Å². The van der Waals surface area contributed by atoms with Gasteiger partial charge in [-0.05, 0) is 49.9 Å². The van der Waals surface area contributed by atoms with Crippen molar-refractivity contribution in [3.8, 4) is 0 Å². The van der Waals surface area contributed by atoms with Crippen molar-refractivity contribution < 1.29 is 0 Å². The van der Waals surface area contributed by atoms with Crippen LogP contribution in [0, 0.1) is 12.8 Å². The van der Waals surface area contributed by atoms with Gasteiger partial charge in [-0.3, -0.25) is 0 Å². The highest BCUT2D eigenvalue weighted by Crippen LogP contribution is 2.26. The molecule has 1 aliphatic rings. The van der Waals surface area contributed by atoms with E-state index in [1.165, 1.54) is 12.0 Å². The van der Waals surface area contributed by atoms with Gasteiger partial charge in [0.05, 0.1) is 0 Å². The van der Waals surface area contributed by atoms with Crippen LogP contribution in [0.1, 0.15) is 18.4 Å². The van der Waals surface area contributed by atoms with E-state index in [0.717, 1.165) is 37.5 Å². The van der Waals surface area contributed by atoms with E-state index in [4.69, 9.17) is 5.73 Å². The molecule has 0 aliphatic carbocycles. The van der Waals surface area contributed by atoms with Crippen LogP contribution in [0.3, 0.4) is 0 Å². The molecular weight excluding hydrogens is 226 g/mol. The van der Waals surface area contributed by atoms with Gasteiger partial charge in [-0.15, -0.1) is 0 Å². The Morgan fingerprint density at radius 2 is 2.33 bits per heavy atom. The zero-order valence-corrected chi connectivity index (χ0v) is 10.7. The number of rotatable bonds is 3. The molecule has 2 N–H and O–H groups in total. The molecule has 5 heteroatoms. The number of aromatic nitrogens is 3. The van der Waals surface area contributed by atoms with Gasteiger partial charge >= 0.3 is 0 Å². The summed E-state index contributed by atoms with van der Waals surface area (Å²) in [5.41, 5.74) is 7.80. The van der Waals surface area contributed by atoms with Crippen LogP contribution in [-0.2, 0) is 0 Å². The molecule has 1 atom stereocenters. The molecule has 5 nitrogen and oxygen atoms in total. The van der Waals surface area contributed by atoms with Crippen molar-refractivity contribution in [2.75, 3.05) is 24.5 Å². The molecule has 3 rings (SSSR count). The monoisotopic (exact) mass is 245 g/mol. The Morgan fingerprint density at radius 1 is 1.44 bits per heavy atom. The Kier molecular flexibility index (Phi) is 2.91. The number of pyridine rings is 1. The average molecular weight is 245 g/mol. The van der Waals surface area contributed by atoms with Gasteiger partial charge in [0.15, 0.2) is 5.65 Å². The lowest BCUT2D eigenvalue weighted by Crippen LogP contribution is -2.23. The van der Waals surface area contributed by atoms with E-state index in [-0.39, 0.29) is 0 Å². The second-order valence-electron chi connectivity index (χ2n) is 5.10. The maximum absolute atomic E-state index is 5.64. The van der Waals surface area contributed by atoms with Gasteiger partial charge in [-0.25, -0.2) is 4.98 Å². The molecule has 0 saturated carbocycles. The van der Waals surface area contributed by atoms with Gasteiger partial charge in [-0.1, -0.05) is 0 Å². The molecule has 1 fully saturated rings. The van der Waals surface area contributed by atoms with Crippen molar-refractivity contribution >= 4 is 11.5 Å². The molecule has 18 heavy (non-hydrogen) atoms. The molecule has 0 aromatic carbocycles. The number of hydrogen-bond donors (Lipinski definition) is 1. The summed E-state index contributed by atoms with van der Waals surface area (Å²) in [6, 6.07) is 4.25. The summed E-state index contributed by atoms with van der Waals surface area (Å²) in [6.07, 6.45) is 3.95. The minimum absolute atomic E-state index is 0.717. The Labute approximate surface area is 107 Å². The lowest BCUT2D eigenvalue weighted by molar-refractivity contribution is 0.545. The van der Waals surface area contributed by atoms with Gasteiger partial charge in [0.25, 0.3) is 0 Å². The van der Waals surface area contributed by atoms with E-state index in [2.05, 4.69) is 34.0 Å². The Hall–Kier alpha value is -1.62. The number of anilines is 1. The summed E-state index contributed by atoms with van der Waals surface area (Å²) >= 11 is 0. The highest BCUT2D eigenvalue weighted by Gasteiger charge is 2.24. The van der Waals surface area contributed by atoms with Crippen LogP contribution in [0.5, 0.6) is 0 Å². The highest BCUT2D eigenvalue weighted by atomic mass is 15.4. The first-order valence-electron chi connectivity index (χ1n) is 6.53. The van der Waals surface area contributed by atoms with E-state index < -0.39 is 0 Å². The molecular formula is C13H19N5. The van der Waals surface area contributed by atoms with Crippen LogP contribution in [0.2, 0.25) is 0 Å². The van der Waals surface area contributed by atoms with E-state index in [1.807, 2.05) is 4.52 Å². The summed E-state index contributed by atoms with van der Waals surface area (Å²) in [7, 11) is 0. The number of nitrogens with two attached hydrogens (primary N) is 1. The lowest BCUT2D eigenvalue weighted by atomic mass is 10.1. The lowest BCUT2D eigenvalue weighted by Gasteiger charge is -2.19. The molecule has 1 aliphatic heterocycles. The molecule has 96 valence electrons. The van der Waals surface area contributed by atoms with E-state index >= 15 is 0 Å². The van der Waals surface area contributed by atoms with E-state index in [0.29, 0.717) is 5.92 Å². The quantitative estimate of drug-likeness (QED) is 0.883. The first-order chi connectivity index (χ1) is 8.78. The van der Waals surface area contributed by atoms with Crippen molar-refractivity contribution in [1.82, 2.24) is 14.6 Å². The third kappa shape index (κ3) is 1.95. The summed E-state index contributed by atoms with van der Waals surface area (Å²) in [5.74, 6) is 1.87. The fourth-order valence-electron chi connectivity index (χ4n) is 2.77. The minimum Gasteiger partial charge on any atom is -0.356 e. The molecule has 0 radical (unpaired) electrons. The maximum atomic E-state index is 5.64. The molecule has 0 amide bonds. The largest absolute Gasteiger partial charge is 0.356 e. The van der Waals surface area contributed by atoms with E-state index in [9.17, 15) is 0 Å². The van der Waals surface area contributed by atoms with Gasteiger partial charge < -0.3 is 10.6 Å². The smallest absolute Gasteiger partial charge is 0.157 e. The zero-order valence-electron chi connectivity index (χ0n) is 10.7. The summed E-state index contributed by atoms with van der Waals surface area (Å²) in [6.45, 7) is 5.05. The van der Waals surface area contributed by atoms with Gasteiger partial charge in [0, 0.05) is 13.1 Å². The Bertz CT molecular complexity index is 547. The molecule has 2 aromatic rings. The average Bonchev–Trinajstić information content (AvgIpc) is 2.96.